The highest BCUT2D eigenvalue weighted by atomic mass is 32.2. The summed E-state index contributed by atoms with van der Waals surface area (Å²) >= 11 is 0. The number of benzene rings is 1. The van der Waals surface area contributed by atoms with Gasteiger partial charge in [0, 0.05) is 18.7 Å². The second-order valence-corrected chi connectivity index (χ2v) is 7.95. The summed E-state index contributed by atoms with van der Waals surface area (Å²) in [6, 6.07) is 5.01. The van der Waals surface area contributed by atoms with Crippen LogP contribution in [-0.4, -0.2) is 61.5 Å². The minimum Gasteiger partial charge on any atom is -0.486 e. The molecule has 0 N–H and O–H groups in total. The zero-order valence-corrected chi connectivity index (χ0v) is 14.7. The molecule has 0 saturated carbocycles. The molecule has 0 bridgehead atoms. The van der Waals surface area contributed by atoms with E-state index in [0.29, 0.717) is 43.4 Å². The fourth-order valence-electron chi connectivity index (χ4n) is 2.91. The van der Waals surface area contributed by atoms with Crippen LogP contribution in [0.2, 0.25) is 0 Å². The van der Waals surface area contributed by atoms with Crippen molar-refractivity contribution >= 4 is 15.7 Å². The van der Waals surface area contributed by atoms with E-state index in [4.69, 9.17) is 13.9 Å². The molecule has 10 heteroatoms. The van der Waals surface area contributed by atoms with E-state index >= 15 is 0 Å². The van der Waals surface area contributed by atoms with Gasteiger partial charge < -0.3 is 18.8 Å². The minimum atomic E-state index is -3.99. The van der Waals surface area contributed by atoms with Crippen LogP contribution in [0.3, 0.4) is 0 Å². The number of rotatable bonds is 4. The van der Waals surface area contributed by atoms with Gasteiger partial charge in [0.05, 0.1) is 0 Å². The molecule has 0 unspecified atom stereocenters. The Bertz CT molecular complexity index is 933. The highest BCUT2D eigenvalue weighted by Gasteiger charge is 2.30. The van der Waals surface area contributed by atoms with Crippen molar-refractivity contribution in [3.05, 3.63) is 18.2 Å². The average Bonchev–Trinajstić information content (AvgIpc) is 3.33. The van der Waals surface area contributed by atoms with Crippen molar-refractivity contribution in [2.45, 2.75) is 18.1 Å². The lowest BCUT2D eigenvalue weighted by Crippen LogP contribution is -2.33. The van der Waals surface area contributed by atoms with Gasteiger partial charge in [-0.25, -0.2) is 8.42 Å². The monoisotopic (exact) mass is 379 g/mol. The average molecular weight is 379 g/mol. The molecule has 2 aliphatic heterocycles. The van der Waals surface area contributed by atoms with E-state index in [1.807, 2.05) is 0 Å². The summed E-state index contributed by atoms with van der Waals surface area (Å²) in [5, 5.41) is 6.84. The highest BCUT2D eigenvalue weighted by Crippen LogP contribution is 2.34. The van der Waals surface area contributed by atoms with Crippen molar-refractivity contribution in [1.29, 1.82) is 0 Å². The first-order valence-corrected chi connectivity index (χ1v) is 9.92. The Kier molecular flexibility index (Phi) is 4.27. The third kappa shape index (κ3) is 3.24. The smallest absolute Gasteiger partial charge is 0.336 e. The molecule has 1 aromatic heterocycles. The van der Waals surface area contributed by atoms with Crippen molar-refractivity contribution in [1.82, 2.24) is 15.1 Å². The van der Waals surface area contributed by atoms with Crippen LogP contribution in [0.1, 0.15) is 12.8 Å². The summed E-state index contributed by atoms with van der Waals surface area (Å²) in [5.41, 5.74) is 0.508. The van der Waals surface area contributed by atoms with Crippen molar-refractivity contribution in [2.24, 2.45) is 0 Å². The summed E-state index contributed by atoms with van der Waals surface area (Å²) in [5.74, 6) is 0.0513. The molecular formula is C16H17N3O6S. The first-order chi connectivity index (χ1) is 12.5. The molecule has 138 valence electrons. The second kappa shape index (κ2) is 6.60. The number of sulfone groups is 1. The largest absolute Gasteiger partial charge is 0.486 e. The summed E-state index contributed by atoms with van der Waals surface area (Å²) in [6.45, 7) is 2.07. The van der Waals surface area contributed by atoms with E-state index in [1.54, 1.807) is 18.2 Å². The van der Waals surface area contributed by atoms with Gasteiger partial charge in [0.25, 0.3) is 0 Å². The molecule has 0 radical (unpaired) electrons. The number of aromatic nitrogens is 2. The van der Waals surface area contributed by atoms with Gasteiger partial charge >= 0.3 is 5.22 Å². The predicted molar refractivity (Wildman–Crippen MR) is 88.6 cm³/mol. The second-order valence-electron chi connectivity index (χ2n) is 6.08. The zero-order chi connectivity index (χ0) is 18.1. The Balaban J connectivity index is 1.54. The zero-order valence-electron chi connectivity index (χ0n) is 13.9. The first-order valence-electron chi connectivity index (χ1n) is 8.27. The summed E-state index contributed by atoms with van der Waals surface area (Å²) < 4.78 is 41.0. The Labute approximate surface area is 149 Å². The number of amides is 1. The van der Waals surface area contributed by atoms with Crippen LogP contribution < -0.4 is 9.47 Å². The lowest BCUT2D eigenvalue weighted by Gasteiger charge is -2.18. The molecule has 1 aromatic carbocycles. The molecule has 4 rings (SSSR count). The Morgan fingerprint density at radius 2 is 1.81 bits per heavy atom. The summed E-state index contributed by atoms with van der Waals surface area (Å²) in [6.07, 6.45) is 1.78. The molecule has 0 atom stereocenters. The van der Waals surface area contributed by atoms with Gasteiger partial charge in [0.2, 0.25) is 21.6 Å². The maximum Gasteiger partial charge on any atom is 0.336 e. The van der Waals surface area contributed by atoms with Crippen LogP contribution in [0, 0.1) is 0 Å². The molecule has 26 heavy (non-hydrogen) atoms. The number of hydrogen-bond acceptors (Lipinski definition) is 8. The SMILES string of the molecule is O=C(CS(=O)(=O)c1nnc(-c2ccc3c(c2)OCCO3)o1)N1CCCC1. The Morgan fingerprint density at radius 3 is 2.58 bits per heavy atom. The van der Waals surface area contributed by atoms with Gasteiger partial charge in [-0.2, -0.15) is 0 Å². The lowest BCUT2D eigenvalue weighted by atomic mass is 10.2. The Morgan fingerprint density at radius 1 is 1.08 bits per heavy atom. The number of nitrogens with zero attached hydrogens (tertiary/aromatic N) is 3. The molecule has 9 nitrogen and oxygen atoms in total. The summed E-state index contributed by atoms with van der Waals surface area (Å²) in [4.78, 5) is 13.6. The first kappa shape index (κ1) is 16.8. The van der Waals surface area contributed by atoms with Crippen LogP contribution in [0.5, 0.6) is 11.5 Å². The van der Waals surface area contributed by atoms with Gasteiger partial charge in [0.1, 0.15) is 19.0 Å². The van der Waals surface area contributed by atoms with Crippen LogP contribution in [0.25, 0.3) is 11.5 Å². The normalized spacial score (nSPS) is 16.7. The molecule has 1 fully saturated rings. The van der Waals surface area contributed by atoms with Crippen LogP contribution in [0.4, 0.5) is 0 Å². The van der Waals surface area contributed by atoms with E-state index in [0.717, 1.165) is 12.8 Å². The number of carbonyl (C=O) groups is 1. The van der Waals surface area contributed by atoms with Gasteiger partial charge in [-0.3, -0.25) is 4.79 Å². The van der Waals surface area contributed by atoms with Gasteiger partial charge in [-0.05, 0) is 31.0 Å². The van der Waals surface area contributed by atoms with Crippen molar-refractivity contribution < 1.29 is 27.1 Å². The maximum atomic E-state index is 12.4. The summed E-state index contributed by atoms with van der Waals surface area (Å²) in [7, 11) is -3.99. The molecule has 2 aromatic rings. The molecule has 1 amide bonds. The Hall–Kier alpha value is -2.62. The molecular weight excluding hydrogens is 362 g/mol. The lowest BCUT2D eigenvalue weighted by molar-refractivity contribution is -0.127. The van der Waals surface area contributed by atoms with Gasteiger partial charge in [-0.1, -0.05) is 5.10 Å². The van der Waals surface area contributed by atoms with Gasteiger partial charge in [-0.15, -0.1) is 5.10 Å². The fraction of sp³-hybridized carbons (Fsp3) is 0.438. The van der Waals surface area contributed by atoms with E-state index in [9.17, 15) is 13.2 Å². The topological polar surface area (TPSA) is 112 Å². The quantitative estimate of drug-likeness (QED) is 0.770. The molecule has 3 heterocycles. The predicted octanol–water partition coefficient (Wildman–Crippen LogP) is 0.904. The number of ether oxygens (including phenoxy) is 2. The highest BCUT2D eigenvalue weighted by molar-refractivity contribution is 7.91. The molecule has 1 saturated heterocycles. The van der Waals surface area contributed by atoms with E-state index in [-0.39, 0.29) is 5.89 Å². The van der Waals surface area contributed by atoms with Crippen LogP contribution in [-0.2, 0) is 14.6 Å². The molecule has 0 aliphatic carbocycles. The van der Waals surface area contributed by atoms with Crippen molar-refractivity contribution in [2.75, 3.05) is 32.1 Å². The molecule has 0 spiro atoms. The third-order valence-electron chi connectivity index (χ3n) is 4.23. The number of likely N-dealkylation sites (tertiary alicyclic amines) is 1. The van der Waals surface area contributed by atoms with Crippen molar-refractivity contribution in [3.8, 4) is 23.0 Å². The third-order valence-corrected chi connectivity index (χ3v) is 5.56. The van der Waals surface area contributed by atoms with E-state index in [2.05, 4.69) is 10.2 Å². The van der Waals surface area contributed by atoms with Crippen LogP contribution >= 0.6 is 0 Å². The fourth-order valence-corrected chi connectivity index (χ4v) is 3.91. The number of carbonyl (C=O) groups excluding carboxylic acids is 1. The number of fused-ring (bicyclic) bond motifs is 1. The maximum absolute atomic E-state index is 12.4. The van der Waals surface area contributed by atoms with E-state index in [1.165, 1.54) is 4.90 Å². The standard InChI is InChI=1S/C16H17N3O6S/c20-14(19-5-1-2-6-19)10-26(21,22)16-18-17-15(25-16)11-3-4-12-13(9-11)24-8-7-23-12/h3-4,9H,1-2,5-8,10H2. The molecule has 2 aliphatic rings. The van der Waals surface area contributed by atoms with Crippen molar-refractivity contribution in [3.63, 3.8) is 0 Å². The van der Waals surface area contributed by atoms with E-state index < -0.39 is 26.7 Å². The van der Waals surface area contributed by atoms with Crippen LogP contribution in [0.15, 0.2) is 27.8 Å². The minimum absolute atomic E-state index is 0.0363. The number of hydrogen-bond donors (Lipinski definition) is 0. The van der Waals surface area contributed by atoms with Gasteiger partial charge in [0.15, 0.2) is 11.5 Å².